The number of fused-ring (bicyclic) bond motifs is 2. The van der Waals surface area contributed by atoms with Crippen LogP contribution in [0.5, 0.6) is 0 Å². The second-order valence-corrected chi connectivity index (χ2v) is 7.68. The number of nitrogens with zero attached hydrogens (tertiary/aromatic N) is 3. The van der Waals surface area contributed by atoms with E-state index in [1.54, 1.807) is 35.5 Å². The zero-order chi connectivity index (χ0) is 17.1. The highest BCUT2D eigenvalue weighted by atomic mass is 16.2. The van der Waals surface area contributed by atoms with Gasteiger partial charge in [0.15, 0.2) is 0 Å². The largest absolute Gasteiger partial charge is 0.369 e. The minimum Gasteiger partial charge on any atom is -0.369 e. The highest BCUT2D eigenvalue weighted by molar-refractivity contribution is 5.98. The van der Waals surface area contributed by atoms with Gasteiger partial charge < -0.3 is 10.6 Å². The third-order valence-corrected chi connectivity index (χ3v) is 5.75. The summed E-state index contributed by atoms with van der Waals surface area (Å²) >= 11 is 0. The SMILES string of the molecule is CC1(C)C[C@]2(C(N)=O)CN(C(=O)c3ccc4nccnc4c3)C[C@H]12. The fourth-order valence-corrected chi connectivity index (χ4v) is 4.66. The summed E-state index contributed by atoms with van der Waals surface area (Å²) in [4.78, 5) is 35.2. The lowest BCUT2D eigenvalue weighted by molar-refractivity contribution is -0.148. The molecule has 6 heteroatoms. The Balaban J connectivity index is 1.64. The Kier molecular flexibility index (Phi) is 2.98. The van der Waals surface area contributed by atoms with E-state index in [2.05, 4.69) is 23.8 Å². The van der Waals surface area contributed by atoms with Gasteiger partial charge in [-0.2, -0.15) is 0 Å². The van der Waals surface area contributed by atoms with Crippen molar-refractivity contribution in [3.63, 3.8) is 0 Å². The molecule has 0 unspecified atom stereocenters. The Hall–Kier alpha value is -2.50. The summed E-state index contributed by atoms with van der Waals surface area (Å²) in [6.45, 7) is 5.26. The van der Waals surface area contributed by atoms with Gasteiger partial charge in [0.2, 0.25) is 5.91 Å². The number of amides is 2. The Labute approximate surface area is 140 Å². The summed E-state index contributed by atoms with van der Waals surface area (Å²) in [5.74, 6) is -0.230. The van der Waals surface area contributed by atoms with Crippen LogP contribution in [-0.2, 0) is 4.79 Å². The zero-order valence-electron chi connectivity index (χ0n) is 13.8. The molecule has 1 aliphatic carbocycles. The van der Waals surface area contributed by atoms with E-state index in [9.17, 15) is 9.59 Å². The fourth-order valence-electron chi connectivity index (χ4n) is 4.66. The van der Waals surface area contributed by atoms with Crippen molar-refractivity contribution in [1.82, 2.24) is 14.9 Å². The molecule has 2 amide bonds. The van der Waals surface area contributed by atoms with E-state index in [1.165, 1.54) is 0 Å². The van der Waals surface area contributed by atoms with Crippen LogP contribution >= 0.6 is 0 Å². The first-order valence-corrected chi connectivity index (χ1v) is 8.13. The highest BCUT2D eigenvalue weighted by Gasteiger charge is 2.66. The molecule has 124 valence electrons. The molecule has 2 atom stereocenters. The maximum atomic E-state index is 12.9. The average molecular weight is 324 g/mol. The van der Waals surface area contributed by atoms with Crippen LogP contribution in [0.1, 0.15) is 30.6 Å². The third-order valence-electron chi connectivity index (χ3n) is 5.75. The van der Waals surface area contributed by atoms with Crippen molar-refractivity contribution in [1.29, 1.82) is 0 Å². The first-order chi connectivity index (χ1) is 11.3. The number of primary amides is 1. The molecule has 24 heavy (non-hydrogen) atoms. The second kappa shape index (κ2) is 4.75. The first-order valence-electron chi connectivity index (χ1n) is 8.13. The van der Waals surface area contributed by atoms with E-state index < -0.39 is 5.41 Å². The number of benzene rings is 1. The van der Waals surface area contributed by atoms with E-state index >= 15 is 0 Å². The van der Waals surface area contributed by atoms with Crippen molar-refractivity contribution in [2.24, 2.45) is 22.5 Å². The van der Waals surface area contributed by atoms with Crippen molar-refractivity contribution in [2.75, 3.05) is 13.1 Å². The standard InChI is InChI=1S/C18H20N4O2/c1-17(2)9-18(16(19)24)10-22(8-14(17)18)15(23)11-3-4-12-13(7-11)21-6-5-20-12/h3-7,14H,8-10H2,1-2H3,(H2,19,24)/t14-,18+/m1/s1. The van der Waals surface area contributed by atoms with Crippen molar-refractivity contribution in [2.45, 2.75) is 20.3 Å². The van der Waals surface area contributed by atoms with Crippen LogP contribution in [0.2, 0.25) is 0 Å². The van der Waals surface area contributed by atoms with Gasteiger partial charge in [-0.3, -0.25) is 19.6 Å². The van der Waals surface area contributed by atoms with E-state index in [0.717, 1.165) is 11.9 Å². The number of aromatic nitrogens is 2. The number of hydrogen-bond donors (Lipinski definition) is 1. The lowest BCUT2D eigenvalue weighted by Crippen LogP contribution is -2.59. The van der Waals surface area contributed by atoms with Gasteiger partial charge in [0, 0.05) is 31.0 Å². The van der Waals surface area contributed by atoms with Gasteiger partial charge in [-0.15, -0.1) is 0 Å². The maximum absolute atomic E-state index is 12.9. The lowest BCUT2D eigenvalue weighted by Gasteiger charge is -2.54. The van der Waals surface area contributed by atoms with Crippen LogP contribution in [0.25, 0.3) is 11.0 Å². The minimum absolute atomic E-state index is 0.0406. The van der Waals surface area contributed by atoms with Crippen LogP contribution in [-0.4, -0.2) is 39.8 Å². The molecule has 0 spiro atoms. The summed E-state index contributed by atoms with van der Waals surface area (Å²) in [5.41, 5.74) is 7.17. The molecule has 2 fully saturated rings. The summed E-state index contributed by atoms with van der Waals surface area (Å²) < 4.78 is 0. The summed E-state index contributed by atoms with van der Waals surface area (Å²) in [6.07, 6.45) is 3.98. The maximum Gasteiger partial charge on any atom is 0.253 e. The molecule has 2 aliphatic rings. The molecule has 6 nitrogen and oxygen atoms in total. The van der Waals surface area contributed by atoms with Crippen LogP contribution in [0.3, 0.4) is 0 Å². The first kappa shape index (κ1) is 15.1. The van der Waals surface area contributed by atoms with Crippen molar-refractivity contribution < 1.29 is 9.59 Å². The molecule has 2 N–H and O–H groups in total. The van der Waals surface area contributed by atoms with Gasteiger partial charge in [-0.1, -0.05) is 13.8 Å². The van der Waals surface area contributed by atoms with Gasteiger partial charge in [0.1, 0.15) is 0 Å². The van der Waals surface area contributed by atoms with E-state index in [-0.39, 0.29) is 23.1 Å². The quantitative estimate of drug-likeness (QED) is 0.908. The summed E-state index contributed by atoms with van der Waals surface area (Å²) in [5, 5.41) is 0. The molecule has 1 saturated heterocycles. The Bertz CT molecular complexity index is 863. The summed E-state index contributed by atoms with van der Waals surface area (Å²) in [6, 6.07) is 5.32. The van der Waals surface area contributed by atoms with E-state index in [4.69, 9.17) is 5.73 Å². The summed E-state index contributed by atoms with van der Waals surface area (Å²) in [7, 11) is 0. The van der Waals surface area contributed by atoms with Gasteiger partial charge in [0.05, 0.1) is 16.4 Å². The van der Waals surface area contributed by atoms with Gasteiger partial charge in [0.25, 0.3) is 5.91 Å². The number of hydrogen-bond acceptors (Lipinski definition) is 4. The number of carbonyl (C=O) groups excluding carboxylic acids is 2. The van der Waals surface area contributed by atoms with Crippen molar-refractivity contribution >= 4 is 22.8 Å². The van der Waals surface area contributed by atoms with Crippen LogP contribution < -0.4 is 5.73 Å². The van der Waals surface area contributed by atoms with Crippen LogP contribution in [0, 0.1) is 16.7 Å². The molecular formula is C18H20N4O2. The second-order valence-electron chi connectivity index (χ2n) is 7.68. The van der Waals surface area contributed by atoms with Gasteiger partial charge >= 0.3 is 0 Å². The molecule has 0 radical (unpaired) electrons. The fraction of sp³-hybridized carbons (Fsp3) is 0.444. The average Bonchev–Trinajstić information content (AvgIpc) is 2.90. The molecule has 1 aliphatic heterocycles. The van der Waals surface area contributed by atoms with Crippen LogP contribution in [0.15, 0.2) is 30.6 Å². The van der Waals surface area contributed by atoms with Crippen molar-refractivity contribution in [3.8, 4) is 0 Å². The predicted molar refractivity (Wildman–Crippen MR) is 89.0 cm³/mol. The van der Waals surface area contributed by atoms with Crippen molar-refractivity contribution in [3.05, 3.63) is 36.2 Å². The molecule has 1 aromatic carbocycles. The Morgan fingerprint density at radius 2 is 1.92 bits per heavy atom. The normalized spacial score (nSPS) is 27.6. The van der Waals surface area contributed by atoms with E-state index in [1.807, 2.05) is 0 Å². The number of rotatable bonds is 2. The topological polar surface area (TPSA) is 89.2 Å². The lowest BCUT2D eigenvalue weighted by atomic mass is 9.48. The molecular weight excluding hydrogens is 304 g/mol. The van der Waals surface area contributed by atoms with E-state index in [0.29, 0.717) is 24.2 Å². The van der Waals surface area contributed by atoms with Gasteiger partial charge in [-0.25, -0.2) is 0 Å². The molecule has 2 heterocycles. The minimum atomic E-state index is -0.560. The monoisotopic (exact) mass is 324 g/mol. The molecule has 1 saturated carbocycles. The molecule has 2 aromatic rings. The third kappa shape index (κ3) is 1.95. The number of likely N-dealkylation sites (tertiary alicyclic amines) is 1. The smallest absolute Gasteiger partial charge is 0.253 e. The Morgan fingerprint density at radius 3 is 2.54 bits per heavy atom. The Morgan fingerprint density at radius 1 is 1.21 bits per heavy atom. The number of carbonyl (C=O) groups is 2. The van der Waals surface area contributed by atoms with Crippen LogP contribution in [0.4, 0.5) is 0 Å². The number of nitrogens with two attached hydrogens (primary N) is 1. The predicted octanol–water partition coefficient (Wildman–Crippen LogP) is 1.60. The van der Waals surface area contributed by atoms with Gasteiger partial charge in [-0.05, 0) is 36.0 Å². The zero-order valence-corrected chi connectivity index (χ0v) is 13.8. The molecule has 1 aromatic heterocycles. The molecule has 0 bridgehead atoms. The highest BCUT2D eigenvalue weighted by Crippen LogP contribution is 2.62. The molecule has 4 rings (SSSR count).